The first kappa shape index (κ1) is 12.8. The molecule has 0 saturated carbocycles. The number of aryl methyl sites for hydroxylation is 1. The van der Waals surface area contributed by atoms with Crippen molar-refractivity contribution in [3.63, 3.8) is 0 Å². The Balaban J connectivity index is 1.93. The van der Waals surface area contributed by atoms with Crippen LogP contribution in [0.4, 0.5) is 0 Å². The highest BCUT2D eigenvalue weighted by atomic mass is 15.3. The topological polar surface area (TPSA) is 29.9 Å². The average molecular weight is 243 g/mol. The van der Waals surface area contributed by atoms with Crippen LogP contribution >= 0.6 is 0 Å². The van der Waals surface area contributed by atoms with Gasteiger partial charge in [0.1, 0.15) is 0 Å². The minimum absolute atomic E-state index is 0.853. The molecule has 1 heterocycles. The molecular weight excluding hydrogens is 222 g/mol. The molecule has 0 fully saturated rings. The summed E-state index contributed by atoms with van der Waals surface area (Å²) in [5.41, 5.74) is 3.89. The SMILES string of the molecule is CCNCCc1ccc(Cn2nccc2C)cc1. The van der Waals surface area contributed by atoms with Gasteiger partial charge in [-0.15, -0.1) is 0 Å². The quantitative estimate of drug-likeness (QED) is 0.790. The lowest BCUT2D eigenvalue weighted by Gasteiger charge is -2.06. The predicted molar refractivity (Wildman–Crippen MR) is 74.8 cm³/mol. The van der Waals surface area contributed by atoms with Crippen molar-refractivity contribution in [1.29, 1.82) is 0 Å². The Morgan fingerprint density at radius 2 is 1.83 bits per heavy atom. The first-order valence-corrected chi connectivity index (χ1v) is 6.56. The van der Waals surface area contributed by atoms with E-state index in [0.29, 0.717) is 0 Å². The summed E-state index contributed by atoms with van der Waals surface area (Å²) in [5.74, 6) is 0. The van der Waals surface area contributed by atoms with E-state index in [1.165, 1.54) is 16.8 Å². The number of nitrogens with one attached hydrogen (secondary N) is 1. The van der Waals surface area contributed by atoms with E-state index in [-0.39, 0.29) is 0 Å². The molecule has 2 rings (SSSR count). The standard InChI is InChI=1S/C15H21N3/c1-3-16-10-9-14-4-6-15(7-5-14)12-18-13(2)8-11-17-18/h4-8,11,16H,3,9-10,12H2,1-2H3. The van der Waals surface area contributed by atoms with Crippen LogP contribution in [0.5, 0.6) is 0 Å². The summed E-state index contributed by atoms with van der Waals surface area (Å²) in [4.78, 5) is 0. The Labute approximate surface area is 109 Å². The summed E-state index contributed by atoms with van der Waals surface area (Å²) in [6.45, 7) is 7.16. The van der Waals surface area contributed by atoms with Gasteiger partial charge in [-0.05, 0) is 43.6 Å². The Morgan fingerprint density at radius 3 is 2.44 bits per heavy atom. The predicted octanol–water partition coefficient (Wildman–Crippen LogP) is 2.39. The molecule has 0 spiro atoms. The molecule has 1 aromatic carbocycles. The van der Waals surface area contributed by atoms with Gasteiger partial charge >= 0.3 is 0 Å². The van der Waals surface area contributed by atoms with Crippen molar-refractivity contribution in [1.82, 2.24) is 15.1 Å². The van der Waals surface area contributed by atoms with Gasteiger partial charge in [-0.25, -0.2) is 0 Å². The molecule has 0 radical (unpaired) electrons. The molecule has 0 saturated heterocycles. The van der Waals surface area contributed by atoms with Gasteiger partial charge in [0.15, 0.2) is 0 Å². The summed E-state index contributed by atoms with van der Waals surface area (Å²) in [7, 11) is 0. The molecule has 0 amide bonds. The van der Waals surface area contributed by atoms with E-state index < -0.39 is 0 Å². The summed E-state index contributed by atoms with van der Waals surface area (Å²) in [6, 6.07) is 10.9. The van der Waals surface area contributed by atoms with Crippen LogP contribution in [0.25, 0.3) is 0 Å². The molecular formula is C15H21N3. The molecule has 96 valence electrons. The maximum Gasteiger partial charge on any atom is 0.0662 e. The van der Waals surface area contributed by atoms with Crippen LogP contribution in [0.2, 0.25) is 0 Å². The number of benzene rings is 1. The highest BCUT2D eigenvalue weighted by Crippen LogP contribution is 2.08. The molecule has 0 aliphatic rings. The van der Waals surface area contributed by atoms with Crippen LogP contribution in [-0.2, 0) is 13.0 Å². The number of hydrogen-bond donors (Lipinski definition) is 1. The highest BCUT2D eigenvalue weighted by Gasteiger charge is 1.99. The first-order valence-electron chi connectivity index (χ1n) is 6.56. The van der Waals surface area contributed by atoms with Crippen molar-refractivity contribution in [2.45, 2.75) is 26.8 Å². The average Bonchev–Trinajstić information content (AvgIpc) is 2.78. The van der Waals surface area contributed by atoms with Gasteiger partial charge in [0.05, 0.1) is 6.54 Å². The van der Waals surface area contributed by atoms with Crippen molar-refractivity contribution >= 4 is 0 Å². The van der Waals surface area contributed by atoms with E-state index in [4.69, 9.17) is 0 Å². The smallest absolute Gasteiger partial charge is 0.0662 e. The maximum absolute atomic E-state index is 4.30. The lowest BCUT2D eigenvalue weighted by molar-refractivity contribution is 0.664. The lowest BCUT2D eigenvalue weighted by Crippen LogP contribution is -2.16. The minimum atomic E-state index is 0.853. The number of likely N-dealkylation sites (N-methyl/N-ethyl adjacent to an activating group) is 1. The van der Waals surface area contributed by atoms with E-state index in [1.54, 1.807) is 0 Å². The maximum atomic E-state index is 4.30. The molecule has 3 nitrogen and oxygen atoms in total. The summed E-state index contributed by atoms with van der Waals surface area (Å²) in [6.07, 6.45) is 2.94. The Morgan fingerprint density at radius 1 is 1.11 bits per heavy atom. The van der Waals surface area contributed by atoms with Crippen molar-refractivity contribution in [3.8, 4) is 0 Å². The van der Waals surface area contributed by atoms with Gasteiger partial charge < -0.3 is 5.32 Å². The second kappa shape index (κ2) is 6.36. The van der Waals surface area contributed by atoms with E-state index in [2.05, 4.69) is 48.5 Å². The largest absolute Gasteiger partial charge is 0.317 e. The minimum Gasteiger partial charge on any atom is -0.317 e. The Bertz CT molecular complexity index is 471. The normalized spacial score (nSPS) is 10.8. The van der Waals surface area contributed by atoms with Gasteiger partial charge in [-0.2, -0.15) is 5.10 Å². The second-order valence-corrected chi connectivity index (χ2v) is 4.55. The molecule has 2 aromatic rings. The van der Waals surface area contributed by atoms with Crippen molar-refractivity contribution in [2.75, 3.05) is 13.1 Å². The van der Waals surface area contributed by atoms with E-state index >= 15 is 0 Å². The summed E-state index contributed by atoms with van der Waals surface area (Å²) >= 11 is 0. The van der Waals surface area contributed by atoms with Crippen LogP contribution in [0.15, 0.2) is 36.5 Å². The van der Waals surface area contributed by atoms with Gasteiger partial charge in [-0.3, -0.25) is 4.68 Å². The van der Waals surface area contributed by atoms with E-state index in [1.807, 2.05) is 16.9 Å². The fraction of sp³-hybridized carbons (Fsp3) is 0.400. The van der Waals surface area contributed by atoms with Crippen molar-refractivity contribution in [3.05, 3.63) is 53.3 Å². The Kier molecular flexibility index (Phi) is 4.53. The molecule has 0 unspecified atom stereocenters. The molecule has 1 N–H and O–H groups in total. The zero-order valence-electron chi connectivity index (χ0n) is 11.2. The molecule has 18 heavy (non-hydrogen) atoms. The number of hydrogen-bond acceptors (Lipinski definition) is 2. The number of aromatic nitrogens is 2. The molecule has 0 atom stereocenters. The van der Waals surface area contributed by atoms with Crippen LogP contribution in [0, 0.1) is 6.92 Å². The van der Waals surface area contributed by atoms with Crippen LogP contribution in [0.3, 0.4) is 0 Å². The summed E-state index contributed by atoms with van der Waals surface area (Å²) < 4.78 is 2.02. The van der Waals surface area contributed by atoms with E-state index in [0.717, 1.165) is 26.1 Å². The molecule has 0 aliphatic heterocycles. The van der Waals surface area contributed by atoms with Crippen molar-refractivity contribution < 1.29 is 0 Å². The van der Waals surface area contributed by atoms with E-state index in [9.17, 15) is 0 Å². The van der Waals surface area contributed by atoms with Gasteiger partial charge in [0.25, 0.3) is 0 Å². The second-order valence-electron chi connectivity index (χ2n) is 4.55. The monoisotopic (exact) mass is 243 g/mol. The molecule has 3 heteroatoms. The third-order valence-electron chi connectivity index (χ3n) is 3.12. The zero-order valence-corrected chi connectivity index (χ0v) is 11.2. The van der Waals surface area contributed by atoms with Gasteiger partial charge in [-0.1, -0.05) is 31.2 Å². The van der Waals surface area contributed by atoms with Crippen LogP contribution in [-0.4, -0.2) is 22.9 Å². The zero-order chi connectivity index (χ0) is 12.8. The fourth-order valence-corrected chi connectivity index (χ4v) is 1.96. The third kappa shape index (κ3) is 3.44. The fourth-order valence-electron chi connectivity index (χ4n) is 1.96. The van der Waals surface area contributed by atoms with Crippen LogP contribution < -0.4 is 5.32 Å². The third-order valence-corrected chi connectivity index (χ3v) is 3.12. The number of rotatable bonds is 6. The number of nitrogens with zero attached hydrogens (tertiary/aromatic N) is 2. The van der Waals surface area contributed by atoms with Crippen molar-refractivity contribution in [2.24, 2.45) is 0 Å². The first-order chi connectivity index (χ1) is 8.79. The van der Waals surface area contributed by atoms with Gasteiger partial charge in [0, 0.05) is 11.9 Å². The molecule has 1 aromatic heterocycles. The summed E-state index contributed by atoms with van der Waals surface area (Å²) in [5, 5.41) is 7.64. The lowest BCUT2D eigenvalue weighted by atomic mass is 10.1. The van der Waals surface area contributed by atoms with Crippen LogP contribution in [0.1, 0.15) is 23.7 Å². The highest BCUT2D eigenvalue weighted by molar-refractivity contribution is 5.23. The Hall–Kier alpha value is -1.61. The molecule has 0 aliphatic carbocycles. The van der Waals surface area contributed by atoms with Gasteiger partial charge in [0.2, 0.25) is 0 Å². The molecule has 0 bridgehead atoms.